The second kappa shape index (κ2) is 6.13. The third-order valence-electron chi connectivity index (χ3n) is 3.72. The maximum atomic E-state index is 11.8. The lowest BCUT2D eigenvalue weighted by molar-refractivity contribution is 0.0602. The van der Waals surface area contributed by atoms with Crippen molar-refractivity contribution in [3.8, 4) is 0 Å². The molecule has 1 aromatic rings. The van der Waals surface area contributed by atoms with Crippen molar-refractivity contribution in [2.75, 3.05) is 18.2 Å². The fourth-order valence-corrected chi connectivity index (χ4v) is 2.53. The van der Waals surface area contributed by atoms with Gasteiger partial charge in [0.25, 0.3) is 0 Å². The van der Waals surface area contributed by atoms with Gasteiger partial charge in [-0.25, -0.2) is 9.48 Å². The zero-order valence-electron chi connectivity index (χ0n) is 11.9. The van der Waals surface area contributed by atoms with Crippen molar-refractivity contribution in [2.45, 2.75) is 51.3 Å². The van der Waals surface area contributed by atoms with Crippen molar-refractivity contribution >= 4 is 17.6 Å². The third kappa shape index (κ3) is 2.87. The van der Waals surface area contributed by atoms with Gasteiger partial charge in [0.2, 0.25) is 0 Å². The number of hydrogen-bond acceptors (Lipinski definition) is 6. The number of nitrogens with one attached hydrogen (secondary N) is 1. The second-order valence-corrected chi connectivity index (χ2v) is 5.07. The van der Waals surface area contributed by atoms with Gasteiger partial charge < -0.3 is 20.9 Å². The minimum absolute atomic E-state index is 0.196. The number of hydrogen-bond donors (Lipinski definition) is 3. The summed E-state index contributed by atoms with van der Waals surface area (Å²) in [6.45, 7) is 2.49. The normalized spacial score (nSPS) is 22.6. The van der Waals surface area contributed by atoms with Crippen molar-refractivity contribution in [3.63, 3.8) is 0 Å². The number of nitrogens with zero attached hydrogens (tertiary/aromatic N) is 2. The van der Waals surface area contributed by atoms with Gasteiger partial charge in [-0.15, -0.1) is 0 Å². The average Bonchev–Trinajstić information content (AvgIpc) is 2.76. The van der Waals surface area contributed by atoms with Crippen LogP contribution in [-0.2, 0) is 11.3 Å². The first-order chi connectivity index (χ1) is 9.56. The van der Waals surface area contributed by atoms with Crippen molar-refractivity contribution in [1.82, 2.24) is 9.78 Å². The molecule has 0 spiro atoms. The minimum atomic E-state index is -0.486. The summed E-state index contributed by atoms with van der Waals surface area (Å²) in [6.07, 6.45) is 3.00. The van der Waals surface area contributed by atoms with Gasteiger partial charge in [0.05, 0.1) is 13.2 Å². The van der Waals surface area contributed by atoms with Gasteiger partial charge in [-0.3, -0.25) is 0 Å². The molecule has 1 aromatic heterocycles. The predicted molar refractivity (Wildman–Crippen MR) is 75.5 cm³/mol. The summed E-state index contributed by atoms with van der Waals surface area (Å²) in [5.74, 6) is 0.302. The Morgan fingerprint density at radius 1 is 1.50 bits per heavy atom. The summed E-state index contributed by atoms with van der Waals surface area (Å²) in [4.78, 5) is 11.8. The number of ether oxygens (including phenoxy) is 1. The smallest absolute Gasteiger partial charge is 0.345 e. The molecule has 20 heavy (non-hydrogen) atoms. The molecule has 2 rings (SSSR count). The molecule has 1 saturated carbocycles. The van der Waals surface area contributed by atoms with Gasteiger partial charge >= 0.3 is 5.97 Å². The Balaban J connectivity index is 2.20. The number of aryl methyl sites for hydroxylation is 1. The molecule has 0 unspecified atom stereocenters. The van der Waals surface area contributed by atoms with E-state index in [-0.39, 0.29) is 12.1 Å². The molecule has 0 radical (unpaired) electrons. The van der Waals surface area contributed by atoms with Crippen LogP contribution in [0.4, 0.5) is 11.6 Å². The van der Waals surface area contributed by atoms with Gasteiger partial charge in [0.15, 0.2) is 5.82 Å². The van der Waals surface area contributed by atoms with Crippen molar-refractivity contribution in [2.24, 2.45) is 0 Å². The number of aliphatic hydroxyl groups is 1. The highest BCUT2D eigenvalue weighted by atomic mass is 16.5. The Hall–Kier alpha value is -1.76. The maximum absolute atomic E-state index is 11.8. The van der Waals surface area contributed by atoms with E-state index in [0.717, 1.165) is 25.7 Å². The Labute approximate surface area is 118 Å². The van der Waals surface area contributed by atoms with E-state index in [1.165, 1.54) is 7.11 Å². The minimum Gasteiger partial charge on any atom is -0.465 e. The standard InChI is InChI=1S/C13H22N4O3/c1-3-17-11(14)10(13(19)20-2)12(16-17)15-8-4-6-9(18)7-5-8/h8-9,18H,3-7,14H2,1-2H3,(H,15,16). The number of methoxy groups -OCH3 is 1. The zero-order valence-corrected chi connectivity index (χ0v) is 11.9. The molecule has 0 amide bonds. The SMILES string of the molecule is CCn1nc(NC2CCC(O)CC2)c(C(=O)OC)c1N. The van der Waals surface area contributed by atoms with E-state index < -0.39 is 5.97 Å². The first-order valence-corrected chi connectivity index (χ1v) is 6.96. The average molecular weight is 282 g/mol. The van der Waals surface area contributed by atoms with Gasteiger partial charge in [0.1, 0.15) is 11.4 Å². The number of carbonyl (C=O) groups is 1. The Morgan fingerprint density at radius 3 is 2.70 bits per heavy atom. The molecule has 0 aromatic carbocycles. The lowest BCUT2D eigenvalue weighted by atomic mass is 9.93. The van der Waals surface area contributed by atoms with E-state index in [0.29, 0.717) is 23.7 Å². The molecular formula is C13H22N4O3. The number of rotatable bonds is 4. The fraction of sp³-hybridized carbons (Fsp3) is 0.692. The molecule has 1 fully saturated rings. The molecule has 112 valence electrons. The quantitative estimate of drug-likeness (QED) is 0.712. The summed E-state index contributed by atoms with van der Waals surface area (Å²) in [6, 6.07) is 0.196. The number of nitrogens with two attached hydrogens (primary N) is 1. The van der Waals surface area contributed by atoms with Crippen LogP contribution in [0.3, 0.4) is 0 Å². The molecule has 1 aliphatic carbocycles. The van der Waals surface area contributed by atoms with Crippen molar-refractivity contribution < 1.29 is 14.6 Å². The maximum Gasteiger partial charge on any atom is 0.345 e. The summed E-state index contributed by atoms with van der Waals surface area (Å²) in [5, 5.41) is 17.1. The summed E-state index contributed by atoms with van der Waals surface area (Å²) in [7, 11) is 1.33. The molecule has 1 heterocycles. The van der Waals surface area contributed by atoms with Crippen LogP contribution in [0.5, 0.6) is 0 Å². The molecule has 0 bridgehead atoms. The fourth-order valence-electron chi connectivity index (χ4n) is 2.53. The topological polar surface area (TPSA) is 102 Å². The predicted octanol–water partition coefficient (Wildman–Crippen LogP) is 0.987. The van der Waals surface area contributed by atoms with Gasteiger partial charge in [0, 0.05) is 12.6 Å². The molecule has 1 aliphatic rings. The molecule has 7 heteroatoms. The van der Waals surface area contributed by atoms with E-state index >= 15 is 0 Å². The van der Waals surface area contributed by atoms with E-state index in [4.69, 9.17) is 10.5 Å². The van der Waals surface area contributed by atoms with E-state index in [2.05, 4.69) is 10.4 Å². The molecule has 7 nitrogen and oxygen atoms in total. The Kier molecular flexibility index (Phi) is 4.49. The van der Waals surface area contributed by atoms with E-state index in [1.54, 1.807) is 4.68 Å². The number of esters is 1. The largest absolute Gasteiger partial charge is 0.465 e. The lowest BCUT2D eigenvalue weighted by Gasteiger charge is -2.26. The Morgan fingerprint density at radius 2 is 2.15 bits per heavy atom. The zero-order chi connectivity index (χ0) is 14.7. The highest BCUT2D eigenvalue weighted by Gasteiger charge is 2.26. The van der Waals surface area contributed by atoms with Crippen LogP contribution in [-0.4, -0.2) is 40.1 Å². The number of aliphatic hydroxyl groups excluding tert-OH is 1. The second-order valence-electron chi connectivity index (χ2n) is 5.07. The molecule has 0 aliphatic heterocycles. The van der Waals surface area contributed by atoms with Gasteiger partial charge in [-0.1, -0.05) is 0 Å². The van der Waals surface area contributed by atoms with Crippen molar-refractivity contribution in [1.29, 1.82) is 0 Å². The molecule has 0 saturated heterocycles. The van der Waals surface area contributed by atoms with Crippen LogP contribution in [0, 0.1) is 0 Å². The van der Waals surface area contributed by atoms with Crippen LogP contribution in [0.15, 0.2) is 0 Å². The van der Waals surface area contributed by atoms with Crippen LogP contribution >= 0.6 is 0 Å². The van der Waals surface area contributed by atoms with E-state index in [9.17, 15) is 9.90 Å². The highest BCUT2D eigenvalue weighted by molar-refractivity contribution is 5.99. The van der Waals surface area contributed by atoms with Gasteiger partial charge in [-0.05, 0) is 32.6 Å². The first-order valence-electron chi connectivity index (χ1n) is 6.96. The number of aromatic nitrogens is 2. The van der Waals surface area contributed by atoms with Crippen LogP contribution < -0.4 is 11.1 Å². The number of anilines is 2. The summed E-state index contributed by atoms with van der Waals surface area (Å²) in [5.41, 5.74) is 6.23. The molecule has 4 N–H and O–H groups in total. The number of nitrogen functional groups attached to an aromatic ring is 1. The highest BCUT2D eigenvalue weighted by Crippen LogP contribution is 2.27. The van der Waals surface area contributed by atoms with Crippen LogP contribution in [0.2, 0.25) is 0 Å². The molecule has 0 atom stereocenters. The summed E-state index contributed by atoms with van der Waals surface area (Å²) >= 11 is 0. The monoisotopic (exact) mass is 282 g/mol. The molecular weight excluding hydrogens is 260 g/mol. The third-order valence-corrected chi connectivity index (χ3v) is 3.72. The van der Waals surface area contributed by atoms with Crippen LogP contribution in [0.25, 0.3) is 0 Å². The summed E-state index contributed by atoms with van der Waals surface area (Å²) < 4.78 is 6.35. The van der Waals surface area contributed by atoms with Crippen molar-refractivity contribution in [3.05, 3.63) is 5.56 Å². The lowest BCUT2D eigenvalue weighted by Crippen LogP contribution is -2.29. The van der Waals surface area contributed by atoms with Gasteiger partial charge in [-0.2, -0.15) is 5.10 Å². The first kappa shape index (κ1) is 14.6. The van der Waals surface area contributed by atoms with E-state index in [1.807, 2.05) is 6.92 Å². The number of carbonyl (C=O) groups excluding carboxylic acids is 1. The Bertz CT molecular complexity index is 478. The van der Waals surface area contributed by atoms with Crippen LogP contribution in [0.1, 0.15) is 43.0 Å².